The van der Waals surface area contributed by atoms with Gasteiger partial charge in [-0.05, 0) is 55.5 Å². The maximum atomic E-state index is 12.4. The number of benzene rings is 2. The summed E-state index contributed by atoms with van der Waals surface area (Å²) in [5.74, 6) is 2.30. The molecule has 1 N–H and O–H groups in total. The van der Waals surface area contributed by atoms with E-state index in [9.17, 15) is 8.42 Å². The van der Waals surface area contributed by atoms with E-state index in [4.69, 9.17) is 13.9 Å². The molecular formula is C19H20N2O5S. The minimum atomic E-state index is -3.67. The quantitative estimate of drug-likeness (QED) is 0.669. The maximum Gasteiger partial charge on any atom is 0.240 e. The van der Waals surface area contributed by atoms with Crippen LogP contribution >= 0.6 is 0 Å². The number of hydrogen-bond donors (Lipinski definition) is 1. The van der Waals surface area contributed by atoms with Crippen molar-refractivity contribution < 1.29 is 22.3 Å². The highest BCUT2D eigenvalue weighted by Crippen LogP contribution is 2.24. The molecule has 142 valence electrons. The Kier molecular flexibility index (Phi) is 5.48. The van der Waals surface area contributed by atoms with E-state index in [0.29, 0.717) is 23.1 Å². The number of aryl methyl sites for hydroxylation is 1. The van der Waals surface area contributed by atoms with Gasteiger partial charge in [0.25, 0.3) is 0 Å². The Labute approximate surface area is 158 Å². The van der Waals surface area contributed by atoms with E-state index in [0.717, 1.165) is 11.3 Å². The maximum absolute atomic E-state index is 12.4. The molecule has 3 rings (SSSR count). The third-order valence-corrected chi connectivity index (χ3v) is 5.45. The van der Waals surface area contributed by atoms with Gasteiger partial charge in [-0.3, -0.25) is 0 Å². The Balaban J connectivity index is 1.74. The normalized spacial score (nSPS) is 11.4. The lowest BCUT2D eigenvalue weighted by molar-refractivity contribution is 0.414. The third kappa shape index (κ3) is 4.29. The monoisotopic (exact) mass is 388 g/mol. The van der Waals surface area contributed by atoms with Gasteiger partial charge in [0.05, 0.1) is 31.4 Å². The largest absolute Gasteiger partial charge is 0.497 e. The second-order valence-electron chi connectivity index (χ2n) is 5.75. The summed E-state index contributed by atoms with van der Waals surface area (Å²) in [4.78, 5) is 4.56. The lowest BCUT2D eigenvalue weighted by Crippen LogP contribution is -2.23. The average molecular weight is 388 g/mol. The van der Waals surface area contributed by atoms with Crippen molar-refractivity contribution in [1.29, 1.82) is 0 Å². The van der Waals surface area contributed by atoms with Gasteiger partial charge in [-0.2, -0.15) is 0 Å². The minimum Gasteiger partial charge on any atom is -0.497 e. The zero-order valence-corrected chi connectivity index (χ0v) is 16.0. The molecule has 0 saturated heterocycles. The Hall–Kier alpha value is -2.84. The molecule has 27 heavy (non-hydrogen) atoms. The summed E-state index contributed by atoms with van der Waals surface area (Å²) in [5, 5.41) is 0. The zero-order valence-electron chi connectivity index (χ0n) is 15.2. The van der Waals surface area contributed by atoms with Crippen molar-refractivity contribution in [2.45, 2.75) is 18.4 Å². The number of aromatic nitrogens is 1. The fourth-order valence-electron chi connectivity index (χ4n) is 2.45. The highest BCUT2D eigenvalue weighted by atomic mass is 32.2. The van der Waals surface area contributed by atoms with E-state index in [1.165, 1.54) is 19.2 Å². The van der Waals surface area contributed by atoms with Gasteiger partial charge in [-0.1, -0.05) is 0 Å². The van der Waals surface area contributed by atoms with E-state index >= 15 is 0 Å². The summed E-state index contributed by atoms with van der Waals surface area (Å²) >= 11 is 0. The molecule has 1 heterocycles. The van der Waals surface area contributed by atoms with Crippen LogP contribution in [0.2, 0.25) is 0 Å². The molecule has 7 nitrogen and oxygen atoms in total. The van der Waals surface area contributed by atoms with E-state index in [1.54, 1.807) is 38.3 Å². The number of methoxy groups -OCH3 is 2. The van der Waals surface area contributed by atoms with E-state index < -0.39 is 10.0 Å². The smallest absolute Gasteiger partial charge is 0.240 e. The van der Waals surface area contributed by atoms with Crippen molar-refractivity contribution in [3.8, 4) is 23.0 Å². The number of ether oxygens (including phenoxy) is 2. The molecule has 0 aliphatic carbocycles. The SMILES string of the molecule is COc1ccc(-c2nc(CNS(=O)(=O)c3ccc(OC)cc3)c(C)o2)cc1. The first-order valence-electron chi connectivity index (χ1n) is 8.17. The van der Waals surface area contributed by atoms with Crippen molar-refractivity contribution in [2.24, 2.45) is 0 Å². The predicted octanol–water partition coefficient (Wildman–Crippen LogP) is 3.15. The number of rotatable bonds is 7. The average Bonchev–Trinajstić information content (AvgIpc) is 3.07. The predicted molar refractivity (Wildman–Crippen MR) is 100 cm³/mol. The molecule has 0 saturated carbocycles. The van der Waals surface area contributed by atoms with Gasteiger partial charge in [-0.15, -0.1) is 0 Å². The lowest BCUT2D eigenvalue weighted by atomic mass is 10.2. The van der Waals surface area contributed by atoms with Crippen LogP contribution in [0.15, 0.2) is 57.8 Å². The molecule has 0 fully saturated rings. The molecule has 0 bridgehead atoms. The Morgan fingerprint density at radius 3 is 2.07 bits per heavy atom. The first-order valence-corrected chi connectivity index (χ1v) is 9.65. The first kappa shape index (κ1) is 18.9. The van der Waals surface area contributed by atoms with Gasteiger partial charge in [0.1, 0.15) is 17.3 Å². The fourth-order valence-corrected chi connectivity index (χ4v) is 3.44. The van der Waals surface area contributed by atoms with Crippen LogP contribution in [0.25, 0.3) is 11.5 Å². The van der Waals surface area contributed by atoms with Crippen LogP contribution < -0.4 is 14.2 Å². The second kappa shape index (κ2) is 7.81. The van der Waals surface area contributed by atoms with Crippen molar-refractivity contribution >= 4 is 10.0 Å². The summed E-state index contributed by atoms with van der Waals surface area (Å²) in [6.45, 7) is 1.77. The van der Waals surface area contributed by atoms with Crippen LogP contribution in [-0.2, 0) is 16.6 Å². The van der Waals surface area contributed by atoms with Gasteiger partial charge in [0.15, 0.2) is 0 Å². The lowest BCUT2D eigenvalue weighted by Gasteiger charge is -2.06. The van der Waals surface area contributed by atoms with E-state index in [1.807, 2.05) is 12.1 Å². The molecule has 3 aromatic rings. The van der Waals surface area contributed by atoms with Crippen molar-refractivity contribution in [3.63, 3.8) is 0 Å². The van der Waals surface area contributed by atoms with Crippen LogP contribution in [0, 0.1) is 6.92 Å². The second-order valence-corrected chi connectivity index (χ2v) is 7.52. The van der Waals surface area contributed by atoms with Crippen molar-refractivity contribution in [1.82, 2.24) is 9.71 Å². The zero-order chi connectivity index (χ0) is 19.4. The van der Waals surface area contributed by atoms with Crippen LogP contribution in [0.5, 0.6) is 11.5 Å². The van der Waals surface area contributed by atoms with E-state index in [2.05, 4.69) is 9.71 Å². The van der Waals surface area contributed by atoms with Crippen LogP contribution in [0.1, 0.15) is 11.5 Å². The van der Waals surface area contributed by atoms with Crippen LogP contribution in [0.4, 0.5) is 0 Å². The van der Waals surface area contributed by atoms with Crippen LogP contribution in [-0.4, -0.2) is 27.6 Å². The van der Waals surface area contributed by atoms with Gasteiger partial charge >= 0.3 is 0 Å². The summed E-state index contributed by atoms with van der Waals surface area (Å²) in [6, 6.07) is 13.4. The molecule has 0 atom stereocenters. The number of hydrogen-bond acceptors (Lipinski definition) is 6. The molecule has 0 radical (unpaired) electrons. The Morgan fingerprint density at radius 1 is 0.963 bits per heavy atom. The molecule has 0 unspecified atom stereocenters. The summed E-state index contributed by atoms with van der Waals surface area (Å²) in [7, 11) is -0.550. The Bertz CT molecular complexity index is 1010. The van der Waals surface area contributed by atoms with Gasteiger partial charge < -0.3 is 13.9 Å². The molecule has 8 heteroatoms. The highest BCUT2D eigenvalue weighted by molar-refractivity contribution is 7.89. The van der Waals surface area contributed by atoms with Gasteiger partial charge in [0.2, 0.25) is 15.9 Å². The third-order valence-electron chi connectivity index (χ3n) is 4.03. The number of nitrogens with one attached hydrogen (secondary N) is 1. The van der Waals surface area contributed by atoms with Gasteiger partial charge in [0, 0.05) is 5.56 Å². The molecular weight excluding hydrogens is 368 g/mol. The summed E-state index contributed by atoms with van der Waals surface area (Å²) in [6.07, 6.45) is 0. The Morgan fingerprint density at radius 2 is 1.52 bits per heavy atom. The molecule has 0 amide bonds. The number of nitrogens with zero attached hydrogens (tertiary/aromatic N) is 1. The molecule has 1 aromatic heterocycles. The fraction of sp³-hybridized carbons (Fsp3) is 0.211. The van der Waals surface area contributed by atoms with Crippen LogP contribution in [0.3, 0.4) is 0 Å². The van der Waals surface area contributed by atoms with E-state index in [-0.39, 0.29) is 11.4 Å². The van der Waals surface area contributed by atoms with Crippen molar-refractivity contribution in [2.75, 3.05) is 14.2 Å². The highest BCUT2D eigenvalue weighted by Gasteiger charge is 2.17. The molecule has 0 aliphatic rings. The molecule has 0 spiro atoms. The minimum absolute atomic E-state index is 0.0276. The summed E-state index contributed by atoms with van der Waals surface area (Å²) in [5.41, 5.74) is 1.31. The summed E-state index contributed by atoms with van der Waals surface area (Å²) < 4.78 is 43.3. The number of sulfonamides is 1. The van der Waals surface area contributed by atoms with Gasteiger partial charge in [-0.25, -0.2) is 18.1 Å². The first-order chi connectivity index (χ1) is 12.9. The van der Waals surface area contributed by atoms with Crippen molar-refractivity contribution in [3.05, 3.63) is 60.0 Å². The topological polar surface area (TPSA) is 90.7 Å². The number of oxazole rings is 1. The molecule has 0 aliphatic heterocycles. The standard InChI is InChI=1S/C19H20N2O5S/c1-13-18(21-19(26-13)14-4-6-15(24-2)7-5-14)12-20-27(22,23)17-10-8-16(25-3)9-11-17/h4-11,20H,12H2,1-3H3. The molecule has 2 aromatic carbocycles.